The van der Waals surface area contributed by atoms with Crippen LogP contribution in [-0.2, 0) is 27.8 Å². The highest BCUT2D eigenvalue weighted by molar-refractivity contribution is 7.89. The lowest BCUT2D eigenvalue weighted by Gasteiger charge is -2.23. The number of rotatable bonds is 10. The lowest BCUT2D eigenvalue weighted by molar-refractivity contribution is 0.0600. The van der Waals surface area contributed by atoms with Crippen molar-refractivity contribution in [1.82, 2.24) is 9.29 Å². The molecule has 0 saturated heterocycles. The summed E-state index contributed by atoms with van der Waals surface area (Å²) < 4.78 is 49.4. The molecule has 0 aliphatic carbocycles. The average Bonchev–Trinajstić information content (AvgIpc) is 2.96. The third-order valence-corrected chi connectivity index (χ3v) is 8.01. The minimum absolute atomic E-state index is 0.0194. The van der Waals surface area contributed by atoms with Gasteiger partial charge in [-0.1, -0.05) is 12.1 Å². The normalized spacial score (nSPS) is 11.4. The number of benzene rings is 3. The fraction of sp³-hybridized carbons (Fsp3) is 0.214. The maximum Gasteiger partial charge on any atom is 0.337 e. The molecule has 0 spiro atoms. The summed E-state index contributed by atoms with van der Waals surface area (Å²) in [5.74, 6) is 0.967. The summed E-state index contributed by atoms with van der Waals surface area (Å²) in [7, 11) is 1.69. The standard InChI is InChI=1S/C28H28N2O8S/c1-35-22-9-5-18(6-10-22)16-30(39(33,34)23-11-7-19(8-12-23)28(32)38-4)17-21-13-20-14-25(36-2)26(37-3)15-24(20)29-27(21)31/h5-15H,16-17H2,1-4H3,(H,29,31). The number of hydrogen-bond acceptors (Lipinski definition) is 8. The Bertz CT molecular complexity index is 1650. The number of sulfonamides is 1. The summed E-state index contributed by atoms with van der Waals surface area (Å²) in [4.78, 5) is 27.7. The maximum atomic E-state index is 13.8. The van der Waals surface area contributed by atoms with Crippen molar-refractivity contribution in [2.45, 2.75) is 18.0 Å². The number of hydrogen-bond donors (Lipinski definition) is 1. The van der Waals surface area contributed by atoms with Crippen LogP contribution < -0.4 is 19.8 Å². The number of fused-ring (bicyclic) bond motifs is 1. The second-order valence-electron chi connectivity index (χ2n) is 8.56. The second kappa shape index (κ2) is 11.6. The second-order valence-corrected chi connectivity index (χ2v) is 10.5. The van der Waals surface area contributed by atoms with Crippen LogP contribution in [-0.4, -0.2) is 52.1 Å². The zero-order chi connectivity index (χ0) is 28.2. The number of nitrogens with zero attached hydrogens (tertiary/aromatic N) is 1. The van der Waals surface area contributed by atoms with Crippen LogP contribution in [0.25, 0.3) is 10.9 Å². The molecule has 0 atom stereocenters. The molecule has 0 amide bonds. The number of carbonyl (C=O) groups excluding carboxylic acids is 1. The molecule has 11 heteroatoms. The highest BCUT2D eigenvalue weighted by Gasteiger charge is 2.27. The summed E-state index contributed by atoms with van der Waals surface area (Å²) in [6, 6.07) is 17.4. The number of aromatic amines is 1. The molecule has 1 heterocycles. The van der Waals surface area contributed by atoms with Crippen LogP contribution in [0.5, 0.6) is 17.2 Å². The molecule has 10 nitrogen and oxygen atoms in total. The first-order chi connectivity index (χ1) is 18.7. The van der Waals surface area contributed by atoms with Crippen molar-refractivity contribution in [3.05, 3.63) is 93.8 Å². The average molecular weight is 553 g/mol. The molecular weight excluding hydrogens is 524 g/mol. The molecule has 204 valence electrons. The third kappa shape index (κ3) is 5.89. The first-order valence-corrected chi connectivity index (χ1v) is 13.2. The number of H-pyrrole nitrogens is 1. The Morgan fingerprint density at radius 3 is 2.05 bits per heavy atom. The fourth-order valence-electron chi connectivity index (χ4n) is 4.08. The van der Waals surface area contributed by atoms with Crippen molar-refractivity contribution in [1.29, 1.82) is 0 Å². The Morgan fingerprint density at radius 2 is 1.46 bits per heavy atom. The lowest BCUT2D eigenvalue weighted by Crippen LogP contribution is -2.32. The van der Waals surface area contributed by atoms with Gasteiger partial charge in [-0.05, 0) is 54.1 Å². The van der Waals surface area contributed by atoms with E-state index >= 15 is 0 Å². The lowest BCUT2D eigenvalue weighted by atomic mass is 10.1. The van der Waals surface area contributed by atoms with Gasteiger partial charge in [-0.2, -0.15) is 4.31 Å². The van der Waals surface area contributed by atoms with Crippen LogP contribution in [0.3, 0.4) is 0 Å². The number of aromatic nitrogens is 1. The molecule has 4 rings (SSSR count). The molecule has 1 aromatic heterocycles. The van der Waals surface area contributed by atoms with Gasteiger partial charge in [0.2, 0.25) is 10.0 Å². The van der Waals surface area contributed by atoms with Gasteiger partial charge in [0.25, 0.3) is 5.56 Å². The van der Waals surface area contributed by atoms with Crippen LogP contribution in [0.4, 0.5) is 0 Å². The largest absolute Gasteiger partial charge is 0.497 e. The molecule has 0 fully saturated rings. The topological polar surface area (TPSA) is 124 Å². The van der Waals surface area contributed by atoms with Crippen LogP contribution >= 0.6 is 0 Å². The van der Waals surface area contributed by atoms with E-state index in [1.165, 1.54) is 49.9 Å². The molecule has 0 radical (unpaired) electrons. The van der Waals surface area contributed by atoms with Crippen molar-refractivity contribution in [3.8, 4) is 17.2 Å². The Labute approximate surface area is 225 Å². The van der Waals surface area contributed by atoms with Gasteiger partial charge in [-0.25, -0.2) is 13.2 Å². The first-order valence-electron chi connectivity index (χ1n) is 11.8. The molecule has 0 unspecified atom stereocenters. The van der Waals surface area contributed by atoms with Crippen LogP contribution in [0.15, 0.2) is 76.4 Å². The number of esters is 1. The molecule has 0 saturated carbocycles. The zero-order valence-corrected chi connectivity index (χ0v) is 22.7. The van der Waals surface area contributed by atoms with E-state index in [2.05, 4.69) is 4.98 Å². The van der Waals surface area contributed by atoms with E-state index in [0.29, 0.717) is 33.7 Å². The van der Waals surface area contributed by atoms with E-state index in [4.69, 9.17) is 18.9 Å². The van der Waals surface area contributed by atoms with Gasteiger partial charge in [0.15, 0.2) is 11.5 Å². The minimum Gasteiger partial charge on any atom is -0.497 e. The summed E-state index contributed by atoms with van der Waals surface area (Å²) in [5.41, 5.74) is 1.22. The van der Waals surface area contributed by atoms with E-state index in [1.54, 1.807) is 49.6 Å². The van der Waals surface area contributed by atoms with Gasteiger partial charge in [-0.3, -0.25) is 4.79 Å². The zero-order valence-electron chi connectivity index (χ0n) is 21.9. The van der Waals surface area contributed by atoms with E-state index in [0.717, 1.165) is 0 Å². The van der Waals surface area contributed by atoms with E-state index in [-0.39, 0.29) is 29.1 Å². The monoisotopic (exact) mass is 552 g/mol. The summed E-state index contributed by atoms with van der Waals surface area (Å²) in [6.07, 6.45) is 0. The molecule has 39 heavy (non-hydrogen) atoms. The number of pyridine rings is 1. The Hall–Kier alpha value is -4.35. The van der Waals surface area contributed by atoms with Crippen LogP contribution in [0.1, 0.15) is 21.5 Å². The predicted octanol–water partition coefficient (Wildman–Crippen LogP) is 3.73. The molecular formula is C28H28N2O8S. The minimum atomic E-state index is -4.10. The molecule has 3 aromatic carbocycles. The van der Waals surface area contributed by atoms with Crippen molar-refractivity contribution in [2.75, 3.05) is 28.4 Å². The SMILES string of the molecule is COC(=O)c1ccc(S(=O)(=O)N(Cc2ccc(OC)cc2)Cc2cc3cc(OC)c(OC)cc3[nH]c2=O)cc1. The van der Waals surface area contributed by atoms with Gasteiger partial charge >= 0.3 is 5.97 Å². The Balaban J connectivity index is 1.77. The number of nitrogens with one attached hydrogen (secondary N) is 1. The first kappa shape index (κ1) is 27.7. The van der Waals surface area contributed by atoms with Crippen LogP contribution in [0.2, 0.25) is 0 Å². The Morgan fingerprint density at radius 1 is 0.821 bits per heavy atom. The van der Waals surface area contributed by atoms with Gasteiger partial charge in [0.05, 0.1) is 44.4 Å². The molecule has 0 aliphatic rings. The van der Waals surface area contributed by atoms with Crippen molar-refractivity contribution in [3.63, 3.8) is 0 Å². The molecule has 1 N–H and O–H groups in total. The summed E-state index contributed by atoms with van der Waals surface area (Å²) in [6.45, 7) is -0.235. The van der Waals surface area contributed by atoms with Gasteiger partial charge < -0.3 is 23.9 Å². The Kier molecular flexibility index (Phi) is 8.22. The smallest absolute Gasteiger partial charge is 0.337 e. The van der Waals surface area contributed by atoms with Crippen LogP contribution in [0, 0.1) is 0 Å². The van der Waals surface area contributed by atoms with E-state index < -0.39 is 21.6 Å². The molecule has 4 aromatic rings. The number of carbonyl (C=O) groups is 1. The van der Waals surface area contributed by atoms with E-state index in [9.17, 15) is 18.0 Å². The highest BCUT2D eigenvalue weighted by atomic mass is 32.2. The quantitative estimate of drug-likeness (QED) is 0.295. The summed E-state index contributed by atoms with van der Waals surface area (Å²) >= 11 is 0. The molecule has 0 aliphatic heterocycles. The molecule has 0 bridgehead atoms. The van der Waals surface area contributed by atoms with Crippen molar-refractivity contribution < 1.29 is 32.2 Å². The number of methoxy groups -OCH3 is 4. The van der Waals surface area contributed by atoms with Gasteiger partial charge in [0.1, 0.15) is 5.75 Å². The number of ether oxygens (including phenoxy) is 4. The fourth-order valence-corrected chi connectivity index (χ4v) is 5.48. The van der Waals surface area contributed by atoms with Gasteiger partial charge in [-0.15, -0.1) is 0 Å². The van der Waals surface area contributed by atoms with Crippen molar-refractivity contribution >= 4 is 26.9 Å². The van der Waals surface area contributed by atoms with E-state index in [1.807, 2.05) is 0 Å². The predicted molar refractivity (Wildman–Crippen MR) is 145 cm³/mol. The third-order valence-electron chi connectivity index (χ3n) is 6.20. The van der Waals surface area contributed by atoms with Crippen molar-refractivity contribution in [2.24, 2.45) is 0 Å². The summed E-state index contributed by atoms with van der Waals surface area (Å²) in [5, 5.41) is 0.645. The van der Waals surface area contributed by atoms with Gasteiger partial charge in [0, 0.05) is 30.1 Å². The highest BCUT2D eigenvalue weighted by Crippen LogP contribution is 2.31. The maximum absolute atomic E-state index is 13.8.